The number of hydrogen-bond acceptors (Lipinski definition) is 1. The number of nitrogens with zero attached hydrogens (tertiary/aromatic N) is 1. The Bertz CT molecular complexity index is 136. The van der Waals surface area contributed by atoms with Crippen molar-refractivity contribution in [2.45, 2.75) is 45.7 Å². The maximum Gasteiger partial charge on any atom is 0.0985 e. The van der Waals surface area contributed by atoms with E-state index >= 15 is 0 Å². The van der Waals surface area contributed by atoms with Crippen molar-refractivity contribution in [2.24, 2.45) is 5.92 Å². The second-order valence-electron chi connectivity index (χ2n) is 4.47. The fourth-order valence-electron chi connectivity index (χ4n) is 2.02. The number of likely N-dealkylation sites (tertiary alicyclic amines) is 1. The van der Waals surface area contributed by atoms with Gasteiger partial charge in [-0.05, 0) is 38.6 Å². The molecule has 1 heterocycles. The molecule has 0 aliphatic carbocycles. The zero-order chi connectivity index (χ0) is 9.68. The first kappa shape index (κ1) is 11.0. The first-order chi connectivity index (χ1) is 6.18. The van der Waals surface area contributed by atoms with Gasteiger partial charge in [0, 0.05) is 13.1 Å². The van der Waals surface area contributed by atoms with Crippen molar-refractivity contribution >= 4 is 0 Å². The van der Waals surface area contributed by atoms with Gasteiger partial charge < -0.3 is 4.90 Å². The average Bonchev–Trinajstić information content (AvgIpc) is 2.26. The van der Waals surface area contributed by atoms with Crippen molar-refractivity contribution in [3.05, 3.63) is 0 Å². The van der Waals surface area contributed by atoms with Crippen LogP contribution < -0.4 is 0 Å². The van der Waals surface area contributed by atoms with Crippen molar-refractivity contribution in [1.29, 1.82) is 0 Å². The summed E-state index contributed by atoms with van der Waals surface area (Å²) in [5.74, 6) is 0.803. The molecule has 1 rings (SSSR count). The van der Waals surface area contributed by atoms with Crippen molar-refractivity contribution in [1.82, 2.24) is 4.90 Å². The Kier molecular flexibility index (Phi) is 4.71. The lowest BCUT2D eigenvalue weighted by atomic mass is 10.1. The molecule has 1 nitrogen and oxygen atoms in total. The topological polar surface area (TPSA) is 3.24 Å². The monoisotopic (exact) mass is 187 g/mol. The second kappa shape index (κ2) is 5.58. The zero-order valence-electron chi connectivity index (χ0n) is 8.93. The molecule has 0 saturated carbocycles. The number of alkyl halides is 1. The molecule has 0 spiro atoms. The maximum atomic E-state index is 12.6. The van der Waals surface area contributed by atoms with Gasteiger partial charge in [0.1, 0.15) is 0 Å². The summed E-state index contributed by atoms with van der Waals surface area (Å²) in [7, 11) is 0. The van der Waals surface area contributed by atoms with Gasteiger partial charge in [-0.1, -0.05) is 13.3 Å². The molecule has 78 valence electrons. The summed E-state index contributed by atoms with van der Waals surface area (Å²) in [5.41, 5.74) is 0. The lowest BCUT2D eigenvalue weighted by Gasteiger charge is -2.22. The van der Waals surface area contributed by atoms with Crippen LogP contribution in [-0.4, -0.2) is 30.7 Å². The van der Waals surface area contributed by atoms with Crippen LogP contribution in [0.3, 0.4) is 0 Å². The Labute approximate surface area is 81.3 Å². The number of rotatable bonds is 3. The number of halogens is 1. The van der Waals surface area contributed by atoms with Gasteiger partial charge in [-0.15, -0.1) is 0 Å². The third-order valence-electron chi connectivity index (χ3n) is 2.83. The Morgan fingerprint density at radius 2 is 2.23 bits per heavy atom. The minimum atomic E-state index is -0.640. The average molecular weight is 187 g/mol. The third kappa shape index (κ3) is 4.61. The smallest absolute Gasteiger partial charge is 0.0985 e. The minimum absolute atomic E-state index is 0.640. The highest BCUT2D eigenvalue weighted by Crippen LogP contribution is 2.16. The normalized spacial score (nSPS) is 28.4. The SMILES string of the molecule is CC(F)CCN1CCCCC(C)C1. The van der Waals surface area contributed by atoms with Crippen molar-refractivity contribution < 1.29 is 4.39 Å². The molecule has 1 fully saturated rings. The van der Waals surface area contributed by atoms with E-state index in [4.69, 9.17) is 0 Å². The van der Waals surface area contributed by atoms with E-state index in [1.54, 1.807) is 6.92 Å². The van der Waals surface area contributed by atoms with Crippen molar-refractivity contribution in [3.63, 3.8) is 0 Å². The molecule has 0 amide bonds. The van der Waals surface area contributed by atoms with Gasteiger partial charge in [-0.25, -0.2) is 4.39 Å². The van der Waals surface area contributed by atoms with Crippen molar-refractivity contribution in [3.8, 4) is 0 Å². The van der Waals surface area contributed by atoms with E-state index in [1.807, 2.05) is 0 Å². The summed E-state index contributed by atoms with van der Waals surface area (Å²) in [6.45, 7) is 7.25. The molecule has 0 N–H and O–H groups in total. The van der Waals surface area contributed by atoms with Gasteiger partial charge in [0.15, 0.2) is 0 Å². The van der Waals surface area contributed by atoms with Gasteiger partial charge in [-0.2, -0.15) is 0 Å². The highest BCUT2D eigenvalue weighted by molar-refractivity contribution is 4.68. The van der Waals surface area contributed by atoms with E-state index in [2.05, 4.69) is 11.8 Å². The summed E-state index contributed by atoms with van der Waals surface area (Å²) < 4.78 is 12.6. The summed E-state index contributed by atoms with van der Waals surface area (Å²) in [6.07, 6.45) is 4.06. The van der Waals surface area contributed by atoms with Gasteiger partial charge >= 0.3 is 0 Å². The fraction of sp³-hybridized carbons (Fsp3) is 1.00. The van der Waals surface area contributed by atoms with E-state index in [-0.39, 0.29) is 0 Å². The highest BCUT2D eigenvalue weighted by Gasteiger charge is 2.14. The molecule has 13 heavy (non-hydrogen) atoms. The summed E-state index contributed by atoms with van der Waals surface area (Å²) in [4.78, 5) is 2.42. The quantitative estimate of drug-likeness (QED) is 0.656. The fourth-order valence-corrected chi connectivity index (χ4v) is 2.02. The van der Waals surface area contributed by atoms with Gasteiger partial charge in [0.05, 0.1) is 6.17 Å². The molecule has 2 unspecified atom stereocenters. The van der Waals surface area contributed by atoms with E-state index in [1.165, 1.54) is 32.4 Å². The molecular weight excluding hydrogens is 165 g/mol. The van der Waals surface area contributed by atoms with Gasteiger partial charge in [0.25, 0.3) is 0 Å². The first-order valence-electron chi connectivity index (χ1n) is 5.55. The maximum absolute atomic E-state index is 12.6. The molecular formula is C11H22FN. The van der Waals surface area contributed by atoms with Crippen LogP contribution in [0.4, 0.5) is 4.39 Å². The van der Waals surface area contributed by atoms with Crippen LogP contribution in [0.5, 0.6) is 0 Å². The standard InChI is InChI=1S/C11H22FN/c1-10-5-3-4-7-13(9-10)8-6-11(2)12/h10-11H,3-9H2,1-2H3. The van der Waals surface area contributed by atoms with Crippen LogP contribution in [0.2, 0.25) is 0 Å². The Morgan fingerprint density at radius 3 is 2.92 bits per heavy atom. The van der Waals surface area contributed by atoms with Gasteiger partial charge in [-0.3, -0.25) is 0 Å². The molecule has 0 aromatic heterocycles. The molecule has 2 atom stereocenters. The van der Waals surface area contributed by atoms with E-state index in [0.29, 0.717) is 6.42 Å². The van der Waals surface area contributed by atoms with Crippen LogP contribution in [-0.2, 0) is 0 Å². The predicted octanol–water partition coefficient (Wildman–Crippen LogP) is 2.86. The zero-order valence-corrected chi connectivity index (χ0v) is 8.93. The second-order valence-corrected chi connectivity index (χ2v) is 4.47. The van der Waals surface area contributed by atoms with E-state index < -0.39 is 6.17 Å². The van der Waals surface area contributed by atoms with Gasteiger partial charge in [0.2, 0.25) is 0 Å². The largest absolute Gasteiger partial charge is 0.303 e. The molecule has 0 aromatic rings. The van der Waals surface area contributed by atoms with Crippen LogP contribution in [0, 0.1) is 5.92 Å². The van der Waals surface area contributed by atoms with Crippen LogP contribution in [0.1, 0.15) is 39.5 Å². The predicted molar refractivity (Wildman–Crippen MR) is 54.6 cm³/mol. The molecule has 1 saturated heterocycles. The van der Waals surface area contributed by atoms with Crippen LogP contribution in [0.15, 0.2) is 0 Å². The lowest BCUT2D eigenvalue weighted by molar-refractivity contribution is 0.221. The van der Waals surface area contributed by atoms with Crippen molar-refractivity contribution in [2.75, 3.05) is 19.6 Å². The first-order valence-corrected chi connectivity index (χ1v) is 5.55. The van der Waals surface area contributed by atoms with Crippen LogP contribution in [0.25, 0.3) is 0 Å². The number of hydrogen-bond donors (Lipinski definition) is 0. The lowest BCUT2D eigenvalue weighted by Crippen LogP contribution is -2.29. The summed E-state index contributed by atoms with van der Waals surface area (Å²) in [5, 5.41) is 0. The molecule has 1 aliphatic heterocycles. The highest BCUT2D eigenvalue weighted by atomic mass is 19.1. The molecule has 0 radical (unpaired) electrons. The Morgan fingerprint density at radius 1 is 1.46 bits per heavy atom. The van der Waals surface area contributed by atoms with Crippen LogP contribution >= 0.6 is 0 Å². The summed E-state index contributed by atoms with van der Waals surface area (Å²) in [6, 6.07) is 0. The minimum Gasteiger partial charge on any atom is -0.303 e. The Hall–Kier alpha value is -0.110. The molecule has 2 heteroatoms. The Balaban J connectivity index is 2.22. The molecule has 0 aromatic carbocycles. The van der Waals surface area contributed by atoms with E-state index in [0.717, 1.165) is 12.5 Å². The molecule has 1 aliphatic rings. The summed E-state index contributed by atoms with van der Waals surface area (Å²) >= 11 is 0. The molecule has 0 bridgehead atoms. The third-order valence-corrected chi connectivity index (χ3v) is 2.83. The van der Waals surface area contributed by atoms with E-state index in [9.17, 15) is 4.39 Å².